The lowest BCUT2D eigenvalue weighted by atomic mass is 9.72. The normalized spacial score (nSPS) is 18.3. The second kappa shape index (κ2) is 8.15. The molecule has 0 aromatic heterocycles. The summed E-state index contributed by atoms with van der Waals surface area (Å²) in [5.74, 6) is -0.897. The molecule has 132 valence electrons. The highest BCUT2D eigenvalue weighted by Crippen LogP contribution is 2.40. The molecule has 1 N–H and O–H groups in total. The van der Waals surface area contributed by atoms with Crippen LogP contribution in [0.15, 0.2) is 65.3 Å². The van der Waals surface area contributed by atoms with Gasteiger partial charge in [0.05, 0.1) is 5.56 Å². The first kappa shape index (κ1) is 19.0. The Bertz CT molecular complexity index is 741. The summed E-state index contributed by atoms with van der Waals surface area (Å²) in [4.78, 5) is 10.8. The van der Waals surface area contributed by atoms with Crippen LogP contribution < -0.4 is 0 Å². The maximum absolute atomic E-state index is 10.8. The topological polar surface area (TPSA) is 37.3 Å². The first-order valence-corrected chi connectivity index (χ1v) is 8.86. The van der Waals surface area contributed by atoms with Crippen molar-refractivity contribution in [3.63, 3.8) is 0 Å². The molecule has 0 saturated heterocycles. The molecule has 2 heteroatoms. The van der Waals surface area contributed by atoms with Gasteiger partial charge in [-0.15, -0.1) is 0 Å². The first-order chi connectivity index (χ1) is 11.8. The molecule has 0 unspecified atom stereocenters. The van der Waals surface area contributed by atoms with E-state index in [2.05, 4.69) is 45.9 Å². The van der Waals surface area contributed by atoms with Gasteiger partial charge in [0.15, 0.2) is 0 Å². The van der Waals surface area contributed by atoms with Crippen LogP contribution in [-0.2, 0) is 0 Å². The maximum atomic E-state index is 10.8. The van der Waals surface area contributed by atoms with Gasteiger partial charge < -0.3 is 5.11 Å². The second-order valence-corrected chi connectivity index (χ2v) is 7.46. The third-order valence-corrected chi connectivity index (χ3v) is 4.86. The number of allylic oxidation sites excluding steroid dienone is 7. The second-order valence-electron chi connectivity index (χ2n) is 7.46. The number of rotatable bonds is 5. The van der Waals surface area contributed by atoms with E-state index in [1.165, 1.54) is 36.0 Å². The number of carboxylic acid groups (broad SMARTS) is 1. The summed E-state index contributed by atoms with van der Waals surface area (Å²) >= 11 is 0. The minimum Gasteiger partial charge on any atom is -0.478 e. The Labute approximate surface area is 151 Å². The van der Waals surface area contributed by atoms with Crippen LogP contribution in [0.2, 0.25) is 0 Å². The van der Waals surface area contributed by atoms with Gasteiger partial charge in [-0.2, -0.15) is 0 Å². The molecule has 25 heavy (non-hydrogen) atoms. The summed E-state index contributed by atoms with van der Waals surface area (Å²) in [5, 5.41) is 8.91. The van der Waals surface area contributed by atoms with Gasteiger partial charge in [0, 0.05) is 0 Å². The van der Waals surface area contributed by atoms with Crippen LogP contribution in [0.1, 0.15) is 62.9 Å². The predicted molar refractivity (Wildman–Crippen MR) is 106 cm³/mol. The average Bonchev–Trinajstić information content (AvgIpc) is 2.54. The molecule has 2 nitrogen and oxygen atoms in total. The van der Waals surface area contributed by atoms with E-state index in [9.17, 15) is 4.79 Å². The zero-order chi connectivity index (χ0) is 18.4. The lowest BCUT2D eigenvalue weighted by Gasteiger charge is -2.32. The highest BCUT2D eigenvalue weighted by Gasteiger charge is 2.26. The Kier molecular flexibility index (Phi) is 6.19. The van der Waals surface area contributed by atoms with Crippen molar-refractivity contribution < 1.29 is 9.90 Å². The molecule has 0 fully saturated rings. The molecule has 2 rings (SSSR count). The summed E-state index contributed by atoms with van der Waals surface area (Å²) in [6.45, 7) is 9.00. The van der Waals surface area contributed by atoms with Gasteiger partial charge in [-0.05, 0) is 61.8 Å². The Morgan fingerprint density at radius 2 is 1.84 bits per heavy atom. The Balaban J connectivity index is 2.05. The van der Waals surface area contributed by atoms with E-state index in [1.54, 1.807) is 12.1 Å². The van der Waals surface area contributed by atoms with Crippen LogP contribution in [0.5, 0.6) is 0 Å². The molecule has 0 atom stereocenters. The minimum absolute atomic E-state index is 0.265. The SMILES string of the molecule is CC1=C(/C=C/C(C)=C/C=C/c2ccc(C(=O)O)cc2)C(C)(C)CCC1. The van der Waals surface area contributed by atoms with Gasteiger partial charge >= 0.3 is 5.97 Å². The van der Waals surface area contributed by atoms with Gasteiger partial charge in [-0.1, -0.05) is 67.5 Å². The van der Waals surface area contributed by atoms with Gasteiger partial charge in [-0.3, -0.25) is 0 Å². The van der Waals surface area contributed by atoms with Crippen LogP contribution in [0.3, 0.4) is 0 Å². The van der Waals surface area contributed by atoms with Crippen molar-refractivity contribution in [3.05, 3.63) is 76.4 Å². The molecular weight excluding hydrogens is 308 g/mol. The van der Waals surface area contributed by atoms with Crippen molar-refractivity contribution >= 4 is 12.0 Å². The maximum Gasteiger partial charge on any atom is 0.335 e. The zero-order valence-corrected chi connectivity index (χ0v) is 15.7. The molecular formula is C23H28O2. The third-order valence-electron chi connectivity index (χ3n) is 4.86. The molecule has 1 aliphatic carbocycles. The van der Waals surface area contributed by atoms with Crippen molar-refractivity contribution in [1.29, 1.82) is 0 Å². The molecule has 1 aromatic rings. The standard InChI is InChI=1S/C23H28O2/c1-17(10-15-21-18(2)8-6-16-23(21,3)4)7-5-9-19-11-13-20(14-12-19)22(24)25/h5,7,9-15H,6,8,16H2,1-4H3,(H,24,25)/b9-5+,15-10+,17-7+. The van der Waals surface area contributed by atoms with E-state index < -0.39 is 5.97 Å². The Morgan fingerprint density at radius 1 is 1.16 bits per heavy atom. The van der Waals surface area contributed by atoms with Crippen LogP contribution in [-0.4, -0.2) is 11.1 Å². The molecule has 1 aliphatic rings. The van der Waals surface area contributed by atoms with Crippen molar-refractivity contribution in [2.75, 3.05) is 0 Å². The number of benzene rings is 1. The molecule has 0 heterocycles. The highest BCUT2D eigenvalue weighted by atomic mass is 16.4. The number of hydrogen-bond acceptors (Lipinski definition) is 1. The zero-order valence-electron chi connectivity index (χ0n) is 15.7. The Hall–Kier alpha value is -2.35. The lowest BCUT2D eigenvalue weighted by molar-refractivity contribution is 0.0697. The summed E-state index contributed by atoms with van der Waals surface area (Å²) < 4.78 is 0. The monoisotopic (exact) mass is 336 g/mol. The van der Waals surface area contributed by atoms with E-state index in [1.807, 2.05) is 24.3 Å². The molecule has 0 amide bonds. The van der Waals surface area contributed by atoms with E-state index in [0.29, 0.717) is 5.56 Å². The smallest absolute Gasteiger partial charge is 0.335 e. The molecule has 0 saturated carbocycles. The number of hydrogen-bond donors (Lipinski definition) is 1. The van der Waals surface area contributed by atoms with Crippen molar-refractivity contribution in [1.82, 2.24) is 0 Å². The van der Waals surface area contributed by atoms with Gasteiger partial charge in [0.2, 0.25) is 0 Å². The molecule has 0 bridgehead atoms. The first-order valence-electron chi connectivity index (χ1n) is 8.86. The van der Waals surface area contributed by atoms with E-state index in [4.69, 9.17) is 5.11 Å². The van der Waals surface area contributed by atoms with Gasteiger partial charge in [0.25, 0.3) is 0 Å². The van der Waals surface area contributed by atoms with Crippen molar-refractivity contribution in [2.24, 2.45) is 5.41 Å². The fourth-order valence-corrected chi connectivity index (χ4v) is 3.33. The van der Waals surface area contributed by atoms with Crippen LogP contribution >= 0.6 is 0 Å². The van der Waals surface area contributed by atoms with E-state index >= 15 is 0 Å². The van der Waals surface area contributed by atoms with Crippen LogP contribution in [0, 0.1) is 5.41 Å². The number of carbonyl (C=O) groups is 1. The van der Waals surface area contributed by atoms with Gasteiger partial charge in [0.1, 0.15) is 0 Å². The van der Waals surface area contributed by atoms with Crippen LogP contribution in [0.25, 0.3) is 6.08 Å². The molecule has 0 radical (unpaired) electrons. The number of aromatic carboxylic acids is 1. The van der Waals surface area contributed by atoms with E-state index in [-0.39, 0.29) is 5.41 Å². The van der Waals surface area contributed by atoms with Gasteiger partial charge in [-0.25, -0.2) is 4.79 Å². The highest BCUT2D eigenvalue weighted by molar-refractivity contribution is 5.87. The number of carboxylic acids is 1. The fraction of sp³-hybridized carbons (Fsp3) is 0.348. The summed E-state index contributed by atoms with van der Waals surface area (Å²) in [6, 6.07) is 6.88. The summed E-state index contributed by atoms with van der Waals surface area (Å²) in [7, 11) is 0. The summed E-state index contributed by atoms with van der Waals surface area (Å²) in [6.07, 6.45) is 14.3. The fourth-order valence-electron chi connectivity index (χ4n) is 3.33. The minimum atomic E-state index is -0.897. The lowest BCUT2D eigenvalue weighted by Crippen LogP contribution is -2.19. The van der Waals surface area contributed by atoms with E-state index in [0.717, 1.165) is 5.56 Å². The Morgan fingerprint density at radius 3 is 2.44 bits per heavy atom. The largest absolute Gasteiger partial charge is 0.478 e. The third kappa shape index (κ3) is 5.32. The van der Waals surface area contributed by atoms with Crippen molar-refractivity contribution in [3.8, 4) is 0 Å². The average molecular weight is 336 g/mol. The van der Waals surface area contributed by atoms with Crippen molar-refractivity contribution in [2.45, 2.75) is 47.0 Å². The quantitative estimate of drug-likeness (QED) is 0.629. The summed E-state index contributed by atoms with van der Waals surface area (Å²) in [5.41, 5.74) is 5.74. The molecule has 0 spiro atoms. The predicted octanol–water partition coefficient (Wildman–Crippen LogP) is 6.43. The molecule has 0 aliphatic heterocycles. The molecule has 1 aromatic carbocycles. The van der Waals surface area contributed by atoms with Crippen LogP contribution in [0.4, 0.5) is 0 Å².